The van der Waals surface area contributed by atoms with Gasteiger partial charge in [0.1, 0.15) is 35.3 Å². The Labute approximate surface area is 191 Å². The fourth-order valence-corrected chi connectivity index (χ4v) is 3.55. The van der Waals surface area contributed by atoms with Gasteiger partial charge in [0.15, 0.2) is 5.65 Å². The molecule has 0 radical (unpaired) electrons. The molecule has 1 aliphatic heterocycles. The third-order valence-electron chi connectivity index (χ3n) is 5.36. The standard InChI is InChI=1S/C24H27FN8/c1-6-9-33-23-20(22(26)28-13-29-23)21(32-33)15-7-8-18(17(25)10-15)30-14(2)31-19-11-16(12-27-19)24(3,4)5/h6-8,10-11,13,30H,1-2,9,12H2,3-5H3,(H,27,31)(H2,26,28,29). The Morgan fingerprint density at radius 3 is 2.73 bits per heavy atom. The first-order valence-electron chi connectivity index (χ1n) is 10.5. The number of allylic oxidation sites excluding steroid dienone is 1. The van der Waals surface area contributed by atoms with E-state index in [0.717, 1.165) is 0 Å². The molecule has 0 unspecified atom stereocenters. The number of nitrogens with one attached hydrogen (secondary N) is 2. The third kappa shape index (κ3) is 4.48. The summed E-state index contributed by atoms with van der Waals surface area (Å²) in [5.74, 6) is 0.941. The highest BCUT2D eigenvalue weighted by Gasteiger charge is 2.21. The van der Waals surface area contributed by atoms with Gasteiger partial charge in [0.2, 0.25) is 0 Å². The number of hydrogen-bond donors (Lipinski definition) is 3. The summed E-state index contributed by atoms with van der Waals surface area (Å²) in [7, 11) is 0. The average Bonchev–Trinajstić information content (AvgIpc) is 3.36. The first kappa shape index (κ1) is 22.2. The molecular weight excluding hydrogens is 419 g/mol. The second kappa shape index (κ2) is 8.50. The molecule has 4 N–H and O–H groups in total. The van der Waals surface area contributed by atoms with Crippen LogP contribution < -0.4 is 16.4 Å². The molecule has 9 heteroatoms. The number of halogens is 1. The summed E-state index contributed by atoms with van der Waals surface area (Å²) in [6, 6.07) is 4.78. The van der Waals surface area contributed by atoms with Crippen molar-refractivity contribution in [1.29, 1.82) is 0 Å². The molecule has 170 valence electrons. The summed E-state index contributed by atoms with van der Waals surface area (Å²) in [6.45, 7) is 15.2. The lowest BCUT2D eigenvalue weighted by atomic mass is 9.87. The molecule has 3 heterocycles. The van der Waals surface area contributed by atoms with Crippen LogP contribution in [0.3, 0.4) is 0 Å². The number of hydrogen-bond acceptors (Lipinski definition) is 7. The topological polar surface area (TPSA) is 106 Å². The Bertz CT molecular complexity index is 1310. The molecule has 8 nitrogen and oxygen atoms in total. The van der Waals surface area contributed by atoms with Gasteiger partial charge in [-0.15, -0.1) is 6.58 Å². The van der Waals surface area contributed by atoms with Gasteiger partial charge >= 0.3 is 0 Å². The molecule has 0 atom stereocenters. The van der Waals surface area contributed by atoms with Gasteiger partial charge in [0.25, 0.3) is 0 Å². The maximum atomic E-state index is 15.0. The maximum Gasteiger partial charge on any atom is 0.164 e. The number of nitrogens with two attached hydrogens (primary N) is 1. The van der Waals surface area contributed by atoms with E-state index >= 15 is 0 Å². The van der Waals surface area contributed by atoms with Gasteiger partial charge in [-0.2, -0.15) is 5.10 Å². The van der Waals surface area contributed by atoms with Crippen molar-refractivity contribution in [3.8, 4) is 11.3 Å². The minimum Gasteiger partial charge on any atom is -0.383 e. The van der Waals surface area contributed by atoms with Gasteiger partial charge in [-0.3, -0.25) is 4.99 Å². The minimum atomic E-state index is -0.462. The molecular formula is C24H27FN8. The molecule has 0 spiro atoms. The normalized spacial score (nSPS) is 13.6. The minimum absolute atomic E-state index is 0.0426. The van der Waals surface area contributed by atoms with Gasteiger partial charge in [-0.25, -0.2) is 19.0 Å². The molecule has 2 aromatic heterocycles. The van der Waals surface area contributed by atoms with Crippen molar-refractivity contribution < 1.29 is 4.39 Å². The second-order valence-electron chi connectivity index (χ2n) is 8.82. The van der Waals surface area contributed by atoms with E-state index in [1.54, 1.807) is 22.9 Å². The van der Waals surface area contributed by atoms with Gasteiger partial charge in [0, 0.05) is 5.56 Å². The first-order valence-corrected chi connectivity index (χ1v) is 10.5. The van der Waals surface area contributed by atoms with Crippen LogP contribution in [0.1, 0.15) is 20.8 Å². The lowest BCUT2D eigenvalue weighted by Gasteiger charge is -2.18. The van der Waals surface area contributed by atoms with Crippen molar-refractivity contribution in [2.45, 2.75) is 27.3 Å². The van der Waals surface area contributed by atoms with Crippen LogP contribution in [-0.2, 0) is 6.54 Å². The second-order valence-corrected chi connectivity index (χ2v) is 8.82. The number of amidine groups is 1. The predicted octanol–water partition coefficient (Wildman–Crippen LogP) is 4.26. The van der Waals surface area contributed by atoms with Crippen LogP contribution in [0.4, 0.5) is 15.9 Å². The average molecular weight is 447 g/mol. The lowest BCUT2D eigenvalue weighted by Crippen LogP contribution is -2.24. The van der Waals surface area contributed by atoms with E-state index in [1.807, 2.05) is 6.08 Å². The fraction of sp³-hybridized carbons (Fsp3) is 0.250. The fourth-order valence-electron chi connectivity index (χ4n) is 3.55. The maximum absolute atomic E-state index is 15.0. The molecule has 4 rings (SSSR count). The summed E-state index contributed by atoms with van der Waals surface area (Å²) in [6.07, 6.45) is 5.09. The Hall–Kier alpha value is -4.01. The third-order valence-corrected chi connectivity index (χ3v) is 5.36. The molecule has 0 bridgehead atoms. The number of aromatic nitrogens is 4. The van der Waals surface area contributed by atoms with Crippen molar-refractivity contribution in [3.63, 3.8) is 0 Å². The van der Waals surface area contributed by atoms with Crippen molar-refractivity contribution in [2.75, 3.05) is 17.6 Å². The first-order chi connectivity index (χ1) is 15.7. The monoisotopic (exact) mass is 446 g/mol. The van der Waals surface area contributed by atoms with Gasteiger partial charge in [-0.05, 0) is 29.2 Å². The van der Waals surface area contributed by atoms with Crippen molar-refractivity contribution in [3.05, 3.63) is 67.0 Å². The Morgan fingerprint density at radius 2 is 2.06 bits per heavy atom. The number of benzene rings is 1. The quantitative estimate of drug-likeness (QED) is 0.489. The number of fused-ring (bicyclic) bond motifs is 1. The smallest absolute Gasteiger partial charge is 0.164 e. The number of aliphatic imine (C=N–C) groups is 1. The zero-order valence-corrected chi connectivity index (χ0v) is 19.0. The highest BCUT2D eigenvalue weighted by Crippen LogP contribution is 2.32. The van der Waals surface area contributed by atoms with E-state index in [9.17, 15) is 4.39 Å². The highest BCUT2D eigenvalue weighted by atomic mass is 19.1. The molecule has 1 aliphatic rings. The molecule has 0 saturated carbocycles. The Kier molecular flexibility index (Phi) is 5.71. The van der Waals surface area contributed by atoms with Crippen molar-refractivity contribution in [1.82, 2.24) is 25.1 Å². The SMILES string of the molecule is C=CCn1nc(-c2ccc(NC(=C)NC3=NCC(C(C)(C)C)=C3)c(F)c2)c2c(N)ncnc21. The number of rotatable bonds is 6. The molecule has 3 aromatic rings. The summed E-state index contributed by atoms with van der Waals surface area (Å²) in [5, 5.41) is 11.2. The molecule has 0 aliphatic carbocycles. The zero-order valence-electron chi connectivity index (χ0n) is 19.0. The predicted molar refractivity (Wildman–Crippen MR) is 131 cm³/mol. The van der Waals surface area contributed by atoms with Crippen LogP contribution in [0.5, 0.6) is 0 Å². The van der Waals surface area contributed by atoms with E-state index in [2.05, 4.69) is 64.6 Å². The largest absolute Gasteiger partial charge is 0.383 e. The molecule has 0 amide bonds. The van der Waals surface area contributed by atoms with Gasteiger partial charge in [-0.1, -0.05) is 39.5 Å². The van der Waals surface area contributed by atoms with Crippen molar-refractivity contribution >= 4 is 28.4 Å². The zero-order chi connectivity index (χ0) is 23.8. The lowest BCUT2D eigenvalue weighted by molar-refractivity contribution is 0.499. The van der Waals surface area contributed by atoms with E-state index in [1.165, 1.54) is 18.0 Å². The van der Waals surface area contributed by atoms with Gasteiger partial charge < -0.3 is 16.4 Å². The number of anilines is 2. The van der Waals surface area contributed by atoms with E-state index < -0.39 is 5.82 Å². The number of nitrogens with zero attached hydrogens (tertiary/aromatic N) is 5. The molecule has 0 fully saturated rings. The van der Waals surface area contributed by atoms with Crippen LogP contribution in [0.15, 0.2) is 66.2 Å². The Morgan fingerprint density at radius 1 is 1.27 bits per heavy atom. The van der Waals surface area contributed by atoms with Crippen LogP contribution in [-0.4, -0.2) is 32.1 Å². The highest BCUT2D eigenvalue weighted by molar-refractivity contribution is 5.98. The summed E-state index contributed by atoms with van der Waals surface area (Å²) in [4.78, 5) is 12.8. The van der Waals surface area contributed by atoms with Crippen LogP contribution in [0, 0.1) is 11.2 Å². The van der Waals surface area contributed by atoms with Gasteiger partial charge in [0.05, 0.1) is 24.2 Å². The molecule has 1 aromatic carbocycles. The summed E-state index contributed by atoms with van der Waals surface area (Å²) < 4.78 is 16.7. The Balaban J connectivity index is 1.56. The van der Waals surface area contributed by atoms with Crippen LogP contribution in [0.2, 0.25) is 0 Å². The molecule has 33 heavy (non-hydrogen) atoms. The summed E-state index contributed by atoms with van der Waals surface area (Å²) >= 11 is 0. The number of nitrogen functional groups attached to an aromatic ring is 1. The summed E-state index contributed by atoms with van der Waals surface area (Å²) in [5.41, 5.74) is 9.25. The van der Waals surface area contributed by atoms with E-state index in [-0.39, 0.29) is 16.9 Å². The van der Waals surface area contributed by atoms with E-state index in [0.29, 0.717) is 47.0 Å². The van der Waals surface area contributed by atoms with Crippen LogP contribution >= 0.6 is 0 Å². The van der Waals surface area contributed by atoms with E-state index in [4.69, 9.17) is 5.73 Å². The van der Waals surface area contributed by atoms with Crippen LogP contribution in [0.25, 0.3) is 22.3 Å². The van der Waals surface area contributed by atoms with Crippen molar-refractivity contribution in [2.24, 2.45) is 10.4 Å². The molecule has 0 saturated heterocycles.